The molecule has 112 valence electrons. The summed E-state index contributed by atoms with van der Waals surface area (Å²) < 4.78 is 65.0. The number of nitrogens with two attached hydrogens (primary N) is 1. The molecule has 0 spiro atoms. The molecule has 0 aliphatic rings. The van der Waals surface area contributed by atoms with Crippen molar-refractivity contribution >= 4 is 5.91 Å². The van der Waals surface area contributed by atoms with Crippen LogP contribution in [0.4, 0.5) is 22.0 Å². The van der Waals surface area contributed by atoms with E-state index >= 15 is 0 Å². The average Bonchev–Trinajstić information content (AvgIpc) is 2.36. The van der Waals surface area contributed by atoms with Gasteiger partial charge in [0.2, 0.25) is 0 Å². The number of carbonyl (C=O) groups excluding carboxylic acids is 1. The summed E-state index contributed by atoms with van der Waals surface area (Å²) in [6.45, 7) is -2.43. The van der Waals surface area contributed by atoms with Crippen molar-refractivity contribution in [3.05, 3.63) is 29.6 Å². The highest BCUT2D eigenvalue weighted by Crippen LogP contribution is 2.35. The molecule has 5 nitrogen and oxygen atoms in total. The standard InChI is InChI=1S/C10H10F5N3O2/c11-9(12,10(13,14)15)5-20-4-6-2-1-3-7(17-6)8(19)18-16/h1-3H,4-5,16H2,(H,18,19). The number of carbonyl (C=O) groups is 1. The maximum Gasteiger partial charge on any atom is 0.455 e. The summed E-state index contributed by atoms with van der Waals surface area (Å²) >= 11 is 0. The number of pyridine rings is 1. The van der Waals surface area contributed by atoms with Crippen molar-refractivity contribution in [1.29, 1.82) is 0 Å². The van der Waals surface area contributed by atoms with Crippen LogP contribution in [0.15, 0.2) is 18.2 Å². The molecule has 0 unspecified atom stereocenters. The minimum atomic E-state index is -5.68. The zero-order valence-electron chi connectivity index (χ0n) is 9.88. The zero-order chi connectivity index (χ0) is 15.4. The SMILES string of the molecule is NNC(=O)c1cccc(COCC(F)(F)C(F)(F)F)n1. The molecule has 10 heteroatoms. The molecule has 0 aliphatic carbocycles. The van der Waals surface area contributed by atoms with E-state index in [0.717, 1.165) is 0 Å². The van der Waals surface area contributed by atoms with E-state index in [1.54, 1.807) is 5.43 Å². The van der Waals surface area contributed by atoms with Crippen LogP contribution < -0.4 is 11.3 Å². The predicted molar refractivity (Wildman–Crippen MR) is 56.5 cm³/mol. The second-order valence-corrected chi connectivity index (χ2v) is 3.68. The molecule has 20 heavy (non-hydrogen) atoms. The third-order valence-electron chi connectivity index (χ3n) is 2.12. The molecule has 3 N–H and O–H groups in total. The summed E-state index contributed by atoms with van der Waals surface area (Å²) in [6.07, 6.45) is -5.68. The van der Waals surface area contributed by atoms with Crippen molar-refractivity contribution in [2.75, 3.05) is 6.61 Å². The fourth-order valence-corrected chi connectivity index (χ4v) is 1.13. The normalized spacial score (nSPS) is 12.3. The lowest BCUT2D eigenvalue weighted by Gasteiger charge is -2.19. The van der Waals surface area contributed by atoms with Crippen LogP contribution in [-0.2, 0) is 11.3 Å². The monoisotopic (exact) mass is 299 g/mol. The van der Waals surface area contributed by atoms with Gasteiger partial charge in [-0.2, -0.15) is 22.0 Å². The number of hydrogen-bond donors (Lipinski definition) is 2. The number of halogens is 5. The highest BCUT2D eigenvalue weighted by atomic mass is 19.4. The van der Waals surface area contributed by atoms with Gasteiger partial charge < -0.3 is 4.74 Å². The number of hydrogen-bond acceptors (Lipinski definition) is 4. The van der Waals surface area contributed by atoms with E-state index in [2.05, 4.69) is 9.72 Å². The van der Waals surface area contributed by atoms with Gasteiger partial charge in [-0.1, -0.05) is 6.07 Å². The smallest absolute Gasteiger partial charge is 0.369 e. The van der Waals surface area contributed by atoms with Crippen LogP contribution in [0.3, 0.4) is 0 Å². The van der Waals surface area contributed by atoms with Crippen LogP contribution in [0.2, 0.25) is 0 Å². The van der Waals surface area contributed by atoms with Crippen LogP contribution in [0, 0.1) is 0 Å². The van der Waals surface area contributed by atoms with Gasteiger partial charge >= 0.3 is 12.1 Å². The van der Waals surface area contributed by atoms with Crippen molar-refractivity contribution in [2.45, 2.75) is 18.7 Å². The van der Waals surface area contributed by atoms with Gasteiger partial charge in [0.1, 0.15) is 12.3 Å². The van der Waals surface area contributed by atoms with E-state index < -0.39 is 31.2 Å². The second kappa shape index (κ2) is 6.09. The highest BCUT2D eigenvalue weighted by Gasteiger charge is 2.57. The Morgan fingerprint density at radius 2 is 1.95 bits per heavy atom. The lowest BCUT2D eigenvalue weighted by molar-refractivity contribution is -0.297. The number of nitrogen functional groups attached to an aromatic ring is 1. The van der Waals surface area contributed by atoms with Crippen LogP contribution in [0.25, 0.3) is 0 Å². The maximum absolute atomic E-state index is 12.5. The predicted octanol–water partition coefficient (Wildman–Crippen LogP) is 1.40. The Hall–Kier alpha value is -1.81. The van der Waals surface area contributed by atoms with Gasteiger partial charge in [-0.05, 0) is 12.1 Å². The number of nitrogens with zero attached hydrogens (tertiary/aromatic N) is 1. The Kier molecular flexibility index (Phi) is 4.95. The van der Waals surface area contributed by atoms with E-state index in [9.17, 15) is 26.7 Å². The fourth-order valence-electron chi connectivity index (χ4n) is 1.13. The van der Waals surface area contributed by atoms with Crippen LogP contribution in [0.5, 0.6) is 0 Å². The quantitative estimate of drug-likeness (QED) is 0.373. The summed E-state index contributed by atoms with van der Waals surface area (Å²) in [7, 11) is 0. The van der Waals surface area contributed by atoms with Crippen LogP contribution in [0.1, 0.15) is 16.2 Å². The molecular formula is C10H10F5N3O2. The van der Waals surface area contributed by atoms with Crippen molar-refractivity contribution < 1.29 is 31.5 Å². The molecule has 0 atom stereocenters. The number of rotatable bonds is 5. The molecular weight excluding hydrogens is 289 g/mol. The molecule has 0 fully saturated rings. The number of hydrazine groups is 1. The molecule has 0 saturated carbocycles. The third kappa shape index (κ3) is 4.10. The van der Waals surface area contributed by atoms with E-state index in [4.69, 9.17) is 5.84 Å². The Balaban J connectivity index is 2.61. The first-order chi connectivity index (χ1) is 9.17. The van der Waals surface area contributed by atoms with Crippen LogP contribution in [-0.4, -0.2) is 29.6 Å². The molecule has 0 aromatic carbocycles. The first kappa shape index (κ1) is 16.2. The number of aromatic nitrogens is 1. The summed E-state index contributed by atoms with van der Waals surface area (Å²) in [5, 5.41) is 0. The Morgan fingerprint density at radius 1 is 1.30 bits per heavy atom. The average molecular weight is 299 g/mol. The minimum Gasteiger partial charge on any atom is -0.369 e. The lowest BCUT2D eigenvalue weighted by atomic mass is 10.3. The van der Waals surface area contributed by atoms with E-state index in [0.29, 0.717) is 0 Å². The van der Waals surface area contributed by atoms with Gasteiger partial charge in [0, 0.05) is 0 Å². The molecule has 1 heterocycles. The Labute approximate surface area is 109 Å². The maximum atomic E-state index is 12.5. The van der Waals surface area contributed by atoms with Gasteiger partial charge in [-0.15, -0.1) is 0 Å². The van der Waals surface area contributed by atoms with Crippen LogP contribution >= 0.6 is 0 Å². The van der Waals surface area contributed by atoms with Crippen molar-refractivity contribution in [3.63, 3.8) is 0 Å². The molecule has 1 amide bonds. The minimum absolute atomic E-state index is 0.0177. The zero-order valence-corrected chi connectivity index (χ0v) is 9.88. The largest absolute Gasteiger partial charge is 0.455 e. The molecule has 1 aromatic rings. The molecule has 0 saturated heterocycles. The summed E-state index contributed by atoms with van der Waals surface area (Å²) in [5.74, 6) is -0.810. The lowest BCUT2D eigenvalue weighted by Crippen LogP contribution is -2.40. The van der Waals surface area contributed by atoms with Gasteiger partial charge in [0.05, 0.1) is 12.3 Å². The summed E-state index contributed by atoms with van der Waals surface area (Å²) in [5.41, 5.74) is 1.70. The molecule has 0 aliphatic heterocycles. The molecule has 0 radical (unpaired) electrons. The molecule has 1 aromatic heterocycles. The van der Waals surface area contributed by atoms with E-state index in [1.165, 1.54) is 18.2 Å². The van der Waals surface area contributed by atoms with Crippen molar-refractivity contribution in [3.8, 4) is 0 Å². The first-order valence-electron chi connectivity index (χ1n) is 5.16. The number of alkyl halides is 5. The van der Waals surface area contributed by atoms with Gasteiger partial charge in [0.15, 0.2) is 0 Å². The summed E-state index contributed by atoms with van der Waals surface area (Å²) in [6, 6.07) is 3.95. The number of ether oxygens (including phenoxy) is 1. The van der Waals surface area contributed by atoms with Gasteiger partial charge in [0.25, 0.3) is 5.91 Å². The van der Waals surface area contributed by atoms with Gasteiger partial charge in [-0.25, -0.2) is 10.8 Å². The first-order valence-corrected chi connectivity index (χ1v) is 5.16. The highest BCUT2D eigenvalue weighted by molar-refractivity contribution is 5.91. The van der Waals surface area contributed by atoms with E-state index in [-0.39, 0.29) is 11.4 Å². The second-order valence-electron chi connectivity index (χ2n) is 3.68. The third-order valence-corrected chi connectivity index (χ3v) is 2.12. The molecule has 1 rings (SSSR count). The Bertz CT molecular complexity index is 478. The topological polar surface area (TPSA) is 77.2 Å². The van der Waals surface area contributed by atoms with Crippen molar-refractivity contribution in [1.82, 2.24) is 10.4 Å². The molecule has 0 bridgehead atoms. The van der Waals surface area contributed by atoms with Gasteiger partial charge in [-0.3, -0.25) is 10.2 Å². The number of nitrogens with one attached hydrogen (secondary N) is 1. The summed E-state index contributed by atoms with van der Waals surface area (Å²) in [4.78, 5) is 14.8. The van der Waals surface area contributed by atoms with E-state index in [1.807, 2.05) is 0 Å². The fraction of sp³-hybridized carbons (Fsp3) is 0.400. The number of amides is 1. The van der Waals surface area contributed by atoms with Crippen molar-refractivity contribution in [2.24, 2.45) is 5.84 Å². The Morgan fingerprint density at radius 3 is 2.50 bits per heavy atom.